The molecule has 0 aromatic carbocycles. The number of aromatic nitrogens is 2. The van der Waals surface area contributed by atoms with Crippen LogP contribution in [0.3, 0.4) is 0 Å². The number of hydrogen-bond donors (Lipinski definition) is 1. The summed E-state index contributed by atoms with van der Waals surface area (Å²) < 4.78 is 2.08. The average molecular weight is 291 g/mol. The third kappa shape index (κ3) is 5.62. The van der Waals surface area contributed by atoms with Gasteiger partial charge < -0.3 is 5.32 Å². The molecule has 0 aliphatic heterocycles. The van der Waals surface area contributed by atoms with Crippen molar-refractivity contribution in [2.45, 2.75) is 77.3 Å². The first-order valence-corrected chi connectivity index (χ1v) is 8.25. The van der Waals surface area contributed by atoms with Crippen LogP contribution in [-0.2, 0) is 11.2 Å². The Morgan fingerprint density at radius 1 is 1.33 bits per heavy atom. The van der Waals surface area contributed by atoms with Gasteiger partial charge in [0.1, 0.15) is 5.78 Å². The van der Waals surface area contributed by atoms with Crippen molar-refractivity contribution in [1.82, 2.24) is 15.1 Å². The fraction of sp³-hybridized carbons (Fsp3) is 0.765. The van der Waals surface area contributed by atoms with Gasteiger partial charge in [-0.1, -0.05) is 19.3 Å². The van der Waals surface area contributed by atoms with Crippen molar-refractivity contribution in [1.29, 1.82) is 0 Å². The number of carbonyl (C=O) groups excluding carboxylic acids is 1. The molecule has 1 aliphatic carbocycles. The molecule has 1 fully saturated rings. The molecular weight excluding hydrogens is 262 g/mol. The van der Waals surface area contributed by atoms with E-state index in [0.717, 1.165) is 12.2 Å². The molecule has 1 aromatic rings. The standard InChI is InChI=1S/C17H29N3O/c1-17(2,3)18-11-9-16(21)13-14-10-12-20(19-14)15-7-5-4-6-8-15/h10,12,15,18H,4-9,11,13H2,1-3H3. The summed E-state index contributed by atoms with van der Waals surface area (Å²) in [5.74, 6) is 0.264. The highest BCUT2D eigenvalue weighted by molar-refractivity contribution is 5.80. The van der Waals surface area contributed by atoms with Crippen LogP contribution in [0, 0.1) is 0 Å². The van der Waals surface area contributed by atoms with Crippen LogP contribution in [-0.4, -0.2) is 27.6 Å². The Labute approximate surface area is 128 Å². The maximum Gasteiger partial charge on any atom is 0.140 e. The zero-order chi connectivity index (χ0) is 15.3. The molecular formula is C17H29N3O. The van der Waals surface area contributed by atoms with Gasteiger partial charge >= 0.3 is 0 Å². The number of rotatable bonds is 6. The van der Waals surface area contributed by atoms with Crippen LogP contribution < -0.4 is 5.32 Å². The van der Waals surface area contributed by atoms with Crippen LogP contribution in [0.1, 0.15) is 71.0 Å². The fourth-order valence-corrected chi connectivity index (χ4v) is 2.89. The molecule has 0 spiro atoms. The lowest BCUT2D eigenvalue weighted by atomic mass is 9.96. The van der Waals surface area contributed by atoms with E-state index in [9.17, 15) is 4.79 Å². The van der Waals surface area contributed by atoms with Gasteiger partial charge in [-0.3, -0.25) is 9.48 Å². The van der Waals surface area contributed by atoms with Crippen LogP contribution in [0.5, 0.6) is 0 Å². The summed E-state index contributed by atoms with van der Waals surface area (Å²) in [5.41, 5.74) is 0.990. The molecule has 21 heavy (non-hydrogen) atoms. The van der Waals surface area contributed by atoms with E-state index in [-0.39, 0.29) is 11.3 Å². The first-order valence-electron chi connectivity index (χ1n) is 8.25. The van der Waals surface area contributed by atoms with Crippen LogP contribution in [0.4, 0.5) is 0 Å². The number of carbonyl (C=O) groups is 1. The van der Waals surface area contributed by atoms with Gasteiger partial charge in [-0.05, 0) is 39.7 Å². The summed E-state index contributed by atoms with van der Waals surface area (Å²) in [6.45, 7) is 7.08. The van der Waals surface area contributed by atoms with E-state index in [4.69, 9.17) is 0 Å². The summed E-state index contributed by atoms with van der Waals surface area (Å²) in [6.07, 6.45) is 9.50. The van der Waals surface area contributed by atoms with E-state index in [0.29, 0.717) is 18.9 Å². The molecule has 4 nitrogen and oxygen atoms in total. The summed E-state index contributed by atoms with van der Waals surface area (Å²) >= 11 is 0. The maximum absolute atomic E-state index is 12.0. The van der Waals surface area contributed by atoms with Crippen molar-refractivity contribution in [2.75, 3.05) is 6.54 Å². The third-order valence-corrected chi connectivity index (χ3v) is 4.05. The number of nitrogens with zero attached hydrogens (tertiary/aromatic N) is 2. The Morgan fingerprint density at radius 3 is 2.71 bits per heavy atom. The lowest BCUT2D eigenvalue weighted by Crippen LogP contribution is -2.37. The first kappa shape index (κ1) is 16.2. The fourth-order valence-electron chi connectivity index (χ4n) is 2.89. The summed E-state index contributed by atoms with van der Waals surface area (Å²) in [7, 11) is 0. The zero-order valence-electron chi connectivity index (χ0n) is 13.7. The maximum atomic E-state index is 12.0. The molecule has 0 radical (unpaired) electrons. The van der Waals surface area contributed by atoms with Crippen LogP contribution in [0.25, 0.3) is 0 Å². The molecule has 0 atom stereocenters. The Morgan fingerprint density at radius 2 is 2.05 bits per heavy atom. The zero-order valence-corrected chi connectivity index (χ0v) is 13.7. The first-order chi connectivity index (χ1) is 9.94. The minimum atomic E-state index is 0.0723. The largest absolute Gasteiger partial charge is 0.312 e. The topological polar surface area (TPSA) is 46.9 Å². The van der Waals surface area contributed by atoms with Crippen LogP contribution in [0.15, 0.2) is 12.3 Å². The van der Waals surface area contributed by atoms with E-state index < -0.39 is 0 Å². The smallest absolute Gasteiger partial charge is 0.140 e. The Hall–Kier alpha value is -1.16. The third-order valence-electron chi connectivity index (χ3n) is 4.05. The number of nitrogens with one attached hydrogen (secondary N) is 1. The van der Waals surface area contributed by atoms with Crippen molar-refractivity contribution < 1.29 is 4.79 Å². The SMILES string of the molecule is CC(C)(C)NCCC(=O)Cc1ccn(C2CCCCC2)n1. The molecule has 1 aliphatic rings. The summed E-state index contributed by atoms with van der Waals surface area (Å²) in [4.78, 5) is 12.0. The van der Waals surface area contributed by atoms with E-state index in [1.54, 1.807) is 0 Å². The number of ketones is 1. The predicted octanol–water partition coefficient (Wildman–Crippen LogP) is 3.28. The molecule has 0 bridgehead atoms. The Kier molecular flexibility index (Phi) is 5.57. The van der Waals surface area contributed by atoms with Crippen LogP contribution >= 0.6 is 0 Å². The van der Waals surface area contributed by atoms with Gasteiger partial charge in [0, 0.05) is 24.7 Å². The highest BCUT2D eigenvalue weighted by atomic mass is 16.1. The summed E-state index contributed by atoms with van der Waals surface area (Å²) in [6, 6.07) is 2.55. The van der Waals surface area contributed by atoms with Crippen LogP contribution in [0.2, 0.25) is 0 Å². The Balaban J connectivity index is 1.77. The molecule has 1 heterocycles. The van der Waals surface area contributed by atoms with E-state index in [1.807, 2.05) is 12.3 Å². The molecule has 1 N–H and O–H groups in total. The van der Waals surface area contributed by atoms with Gasteiger partial charge in [0.2, 0.25) is 0 Å². The molecule has 0 amide bonds. The minimum absolute atomic E-state index is 0.0723. The monoisotopic (exact) mass is 291 g/mol. The molecule has 1 aromatic heterocycles. The second kappa shape index (κ2) is 7.21. The number of Topliss-reactive ketones (excluding diaryl/α,β-unsaturated/α-hetero) is 1. The lowest BCUT2D eigenvalue weighted by molar-refractivity contribution is -0.118. The van der Waals surface area contributed by atoms with E-state index in [1.165, 1.54) is 32.1 Å². The van der Waals surface area contributed by atoms with Gasteiger partial charge in [-0.15, -0.1) is 0 Å². The van der Waals surface area contributed by atoms with E-state index >= 15 is 0 Å². The van der Waals surface area contributed by atoms with Crippen molar-refractivity contribution in [3.63, 3.8) is 0 Å². The van der Waals surface area contributed by atoms with E-state index in [2.05, 4.69) is 35.9 Å². The second-order valence-corrected chi connectivity index (χ2v) is 7.22. The van der Waals surface area contributed by atoms with Crippen molar-refractivity contribution in [3.05, 3.63) is 18.0 Å². The normalized spacial score (nSPS) is 17.1. The molecule has 2 rings (SSSR count). The van der Waals surface area contributed by atoms with Gasteiger partial charge in [0.05, 0.1) is 18.2 Å². The molecule has 4 heteroatoms. The average Bonchev–Trinajstić information content (AvgIpc) is 2.86. The molecule has 118 valence electrons. The minimum Gasteiger partial charge on any atom is -0.312 e. The lowest BCUT2D eigenvalue weighted by Gasteiger charge is -2.21. The molecule has 0 saturated heterocycles. The van der Waals surface area contributed by atoms with Gasteiger partial charge in [-0.25, -0.2) is 0 Å². The highest BCUT2D eigenvalue weighted by Crippen LogP contribution is 2.27. The van der Waals surface area contributed by atoms with Crippen molar-refractivity contribution in [3.8, 4) is 0 Å². The van der Waals surface area contributed by atoms with Gasteiger partial charge in [-0.2, -0.15) is 5.10 Å². The molecule has 0 unspecified atom stereocenters. The van der Waals surface area contributed by atoms with Gasteiger partial charge in [0.25, 0.3) is 0 Å². The molecule has 1 saturated carbocycles. The number of hydrogen-bond acceptors (Lipinski definition) is 3. The second-order valence-electron chi connectivity index (χ2n) is 7.22. The predicted molar refractivity (Wildman–Crippen MR) is 85.4 cm³/mol. The van der Waals surface area contributed by atoms with Gasteiger partial charge in [0.15, 0.2) is 0 Å². The highest BCUT2D eigenvalue weighted by Gasteiger charge is 2.17. The Bertz CT molecular complexity index is 453. The van der Waals surface area contributed by atoms with Crippen molar-refractivity contribution >= 4 is 5.78 Å². The summed E-state index contributed by atoms with van der Waals surface area (Å²) in [5, 5.41) is 7.96. The van der Waals surface area contributed by atoms with Crippen molar-refractivity contribution in [2.24, 2.45) is 0 Å². The quantitative estimate of drug-likeness (QED) is 0.875.